The van der Waals surface area contributed by atoms with Crippen molar-refractivity contribution < 1.29 is 9.53 Å². The van der Waals surface area contributed by atoms with E-state index in [-0.39, 0.29) is 11.9 Å². The molecular weight excluding hydrogens is 216 g/mol. The number of ether oxygens (including phenoxy) is 1. The first-order valence-electron chi connectivity index (χ1n) is 5.74. The van der Waals surface area contributed by atoms with E-state index in [2.05, 4.69) is 5.32 Å². The Hall–Kier alpha value is -1.39. The third-order valence-corrected chi connectivity index (χ3v) is 2.63. The number of hydrogen-bond acceptors (Lipinski definition) is 3. The molecule has 0 heterocycles. The summed E-state index contributed by atoms with van der Waals surface area (Å²) in [5.41, 5.74) is 7.69. The van der Waals surface area contributed by atoms with Crippen LogP contribution in [0.25, 0.3) is 0 Å². The fraction of sp³-hybridized carbons (Fsp3) is 0.462. The largest absolute Gasteiger partial charge is 0.384 e. The third kappa shape index (κ3) is 4.54. The van der Waals surface area contributed by atoms with Gasteiger partial charge >= 0.3 is 0 Å². The van der Waals surface area contributed by atoms with Gasteiger partial charge in [-0.05, 0) is 18.1 Å². The summed E-state index contributed by atoms with van der Waals surface area (Å²) in [5, 5.41) is 2.92. The summed E-state index contributed by atoms with van der Waals surface area (Å²) in [4.78, 5) is 11.5. The number of nitrogens with one attached hydrogen (secondary N) is 1. The van der Waals surface area contributed by atoms with Gasteiger partial charge in [0.1, 0.15) is 0 Å². The summed E-state index contributed by atoms with van der Waals surface area (Å²) in [7, 11) is 1.59. The van der Waals surface area contributed by atoms with E-state index in [1.54, 1.807) is 7.11 Å². The summed E-state index contributed by atoms with van der Waals surface area (Å²) >= 11 is 0. The normalized spacial score (nSPS) is 12.2. The lowest BCUT2D eigenvalue weighted by Gasteiger charge is -2.14. The molecule has 94 valence electrons. The summed E-state index contributed by atoms with van der Waals surface area (Å²) < 4.78 is 4.86. The Morgan fingerprint density at radius 1 is 1.41 bits per heavy atom. The molecule has 1 unspecified atom stereocenters. The van der Waals surface area contributed by atoms with Crippen LogP contribution in [0.5, 0.6) is 0 Å². The lowest BCUT2D eigenvalue weighted by molar-refractivity contribution is -0.122. The van der Waals surface area contributed by atoms with Crippen molar-refractivity contribution >= 4 is 5.91 Å². The SMILES string of the molecule is COCCC(=O)NC(C)c1ccc(CN)cc1. The quantitative estimate of drug-likeness (QED) is 0.784. The van der Waals surface area contributed by atoms with Crippen molar-refractivity contribution in [2.75, 3.05) is 13.7 Å². The average molecular weight is 236 g/mol. The molecule has 1 rings (SSSR count). The van der Waals surface area contributed by atoms with E-state index in [0.717, 1.165) is 11.1 Å². The summed E-state index contributed by atoms with van der Waals surface area (Å²) in [6, 6.07) is 7.94. The van der Waals surface area contributed by atoms with Crippen molar-refractivity contribution in [1.82, 2.24) is 5.32 Å². The minimum Gasteiger partial charge on any atom is -0.384 e. The highest BCUT2D eigenvalue weighted by molar-refractivity contribution is 5.76. The Morgan fingerprint density at radius 2 is 2.06 bits per heavy atom. The lowest BCUT2D eigenvalue weighted by Crippen LogP contribution is -2.27. The van der Waals surface area contributed by atoms with Crippen LogP contribution in [0.4, 0.5) is 0 Å². The van der Waals surface area contributed by atoms with Gasteiger partial charge in [-0.3, -0.25) is 4.79 Å². The molecule has 0 aromatic heterocycles. The fourth-order valence-electron chi connectivity index (χ4n) is 1.53. The highest BCUT2D eigenvalue weighted by atomic mass is 16.5. The Kier molecular flexibility index (Phi) is 5.66. The average Bonchev–Trinajstić information content (AvgIpc) is 2.36. The molecule has 4 heteroatoms. The molecule has 17 heavy (non-hydrogen) atoms. The first-order valence-corrected chi connectivity index (χ1v) is 5.74. The van der Waals surface area contributed by atoms with Crippen LogP contribution in [-0.4, -0.2) is 19.6 Å². The van der Waals surface area contributed by atoms with Gasteiger partial charge in [0.15, 0.2) is 0 Å². The fourth-order valence-corrected chi connectivity index (χ4v) is 1.53. The minimum atomic E-state index is 0.00208. The highest BCUT2D eigenvalue weighted by Gasteiger charge is 2.08. The number of carbonyl (C=O) groups excluding carboxylic acids is 1. The molecular formula is C13H20N2O2. The van der Waals surface area contributed by atoms with Gasteiger partial charge in [-0.2, -0.15) is 0 Å². The van der Waals surface area contributed by atoms with Crippen LogP contribution >= 0.6 is 0 Å². The molecule has 1 aromatic rings. The van der Waals surface area contributed by atoms with E-state index >= 15 is 0 Å². The smallest absolute Gasteiger partial charge is 0.222 e. The zero-order valence-corrected chi connectivity index (χ0v) is 10.4. The molecule has 0 aliphatic carbocycles. The second-order valence-corrected chi connectivity index (χ2v) is 3.98. The number of carbonyl (C=O) groups is 1. The number of nitrogens with two attached hydrogens (primary N) is 1. The standard InChI is InChI=1S/C13H20N2O2/c1-10(15-13(16)7-8-17-2)12-5-3-11(9-14)4-6-12/h3-6,10H,7-9,14H2,1-2H3,(H,15,16). The van der Waals surface area contributed by atoms with Gasteiger partial charge < -0.3 is 15.8 Å². The molecule has 0 fully saturated rings. The van der Waals surface area contributed by atoms with Crippen LogP contribution in [0.1, 0.15) is 30.5 Å². The van der Waals surface area contributed by atoms with Crippen molar-refractivity contribution in [1.29, 1.82) is 0 Å². The van der Waals surface area contributed by atoms with Gasteiger partial charge in [0, 0.05) is 20.1 Å². The van der Waals surface area contributed by atoms with Crippen LogP contribution in [-0.2, 0) is 16.1 Å². The number of benzene rings is 1. The maximum Gasteiger partial charge on any atom is 0.222 e. The van der Waals surface area contributed by atoms with Crippen molar-refractivity contribution in [3.63, 3.8) is 0 Å². The van der Waals surface area contributed by atoms with Crippen LogP contribution < -0.4 is 11.1 Å². The van der Waals surface area contributed by atoms with Crippen LogP contribution in [0.3, 0.4) is 0 Å². The molecule has 3 N–H and O–H groups in total. The Morgan fingerprint density at radius 3 is 2.59 bits per heavy atom. The van der Waals surface area contributed by atoms with Crippen LogP contribution in [0.2, 0.25) is 0 Å². The minimum absolute atomic E-state index is 0.00208. The molecule has 0 aliphatic heterocycles. The van der Waals surface area contributed by atoms with Gasteiger partial charge in [-0.25, -0.2) is 0 Å². The highest BCUT2D eigenvalue weighted by Crippen LogP contribution is 2.13. The Bertz CT molecular complexity index is 349. The van der Waals surface area contributed by atoms with E-state index in [0.29, 0.717) is 19.6 Å². The molecule has 0 aliphatic rings. The molecule has 1 atom stereocenters. The molecule has 0 saturated carbocycles. The maximum absolute atomic E-state index is 11.5. The molecule has 0 spiro atoms. The topological polar surface area (TPSA) is 64.3 Å². The van der Waals surface area contributed by atoms with Gasteiger partial charge in [0.2, 0.25) is 5.91 Å². The summed E-state index contributed by atoms with van der Waals surface area (Å²) in [5.74, 6) is 0.00208. The zero-order chi connectivity index (χ0) is 12.7. The lowest BCUT2D eigenvalue weighted by atomic mass is 10.1. The number of hydrogen-bond donors (Lipinski definition) is 2. The molecule has 0 saturated heterocycles. The van der Waals surface area contributed by atoms with Gasteiger partial charge in [-0.1, -0.05) is 24.3 Å². The van der Waals surface area contributed by atoms with Gasteiger partial charge in [-0.15, -0.1) is 0 Å². The van der Waals surface area contributed by atoms with E-state index in [4.69, 9.17) is 10.5 Å². The van der Waals surface area contributed by atoms with Gasteiger partial charge in [0.05, 0.1) is 12.6 Å². The molecule has 0 bridgehead atoms. The summed E-state index contributed by atoms with van der Waals surface area (Å²) in [6.45, 7) is 2.95. The molecule has 1 amide bonds. The Labute approximate surface area is 102 Å². The first-order chi connectivity index (χ1) is 8.17. The molecule has 4 nitrogen and oxygen atoms in total. The van der Waals surface area contributed by atoms with E-state index in [1.165, 1.54) is 0 Å². The van der Waals surface area contributed by atoms with Crippen molar-refractivity contribution in [2.24, 2.45) is 5.73 Å². The zero-order valence-electron chi connectivity index (χ0n) is 10.4. The Balaban J connectivity index is 2.51. The molecule has 0 radical (unpaired) electrons. The van der Waals surface area contributed by atoms with Crippen LogP contribution in [0.15, 0.2) is 24.3 Å². The predicted octanol–water partition coefficient (Wildman–Crippen LogP) is 1.36. The van der Waals surface area contributed by atoms with E-state index in [1.807, 2.05) is 31.2 Å². The predicted molar refractivity (Wildman–Crippen MR) is 67.4 cm³/mol. The molecule has 1 aromatic carbocycles. The van der Waals surface area contributed by atoms with Crippen LogP contribution in [0, 0.1) is 0 Å². The van der Waals surface area contributed by atoms with Crippen molar-refractivity contribution in [3.05, 3.63) is 35.4 Å². The van der Waals surface area contributed by atoms with E-state index < -0.39 is 0 Å². The second-order valence-electron chi connectivity index (χ2n) is 3.98. The summed E-state index contributed by atoms with van der Waals surface area (Å²) in [6.07, 6.45) is 0.391. The van der Waals surface area contributed by atoms with Crippen molar-refractivity contribution in [3.8, 4) is 0 Å². The third-order valence-electron chi connectivity index (χ3n) is 2.63. The van der Waals surface area contributed by atoms with E-state index in [9.17, 15) is 4.79 Å². The maximum atomic E-state index is 11.5. The van der Waals surface area contributed by atoms with Crippen molar-refractivity contribution in [2.45, 2.75) is 25.9 Å². The number of rotatable bonds is 6. The monoisotopic (exact) mass is 236 g/mol. The second kappa shape index (κ2) is 7.04. The number of methoxy groups -OCH3 is 1. The number of amides is 1. The first kappa shape index (κ1) is 13.7. The van der Waals surface area contributed by atoms with Gasteiger partial charge in [0.25, 0.3) is 0 Å².